The van der Waals surface area contributed by atoms with E-state index in [0.29, 0.717) is 11.4 Å². The van der Waals surface area contributed by atoms with Gasteiger partial charge in [-0.25, -0.2) is 9.97 Å². The van der Waals surface area contributed by atoms with E-state index in [-0.39, 0.29) is 11.6 Å². The number of nitrogens with zero attached hydrogens (tertiary/aromatic N) is 2. The number of ketones is 2. The number of pyridine rings is 2. The molecular formula is C26H32N2O2. The van der Waals surface area contributed by atoms with Crippen molar-refractivity contribution in [2.75, 3.05) is 0 Å². The molecule has 2 heterocycles. The molecule has 2 aliphatic rings. The third-order valence-electron chi connectivity index (χ3n) is 6.23. The molecule has 0 saturated heterocycles. The van der Waals surface area contributed by atoms with Crippen molar-refractivity contribution in [3.63, 3.8) is 0 Å². The summed E-state index contributed by atoms with van der Waals surface area (Å²) in [6.45, 7) is 11.6. The van der Waals surface area contributed by atoms with Gasteiger partial charge in [0.1, 0.15) is 11.4 Å². The van der Waals surface area contributed by atoms with Gasteiger partial charge in [-0.2, -0.15) is 0 Å². The maximum atomic E-state index is 13.1. The van der Waals surface area contributed by atoms with Crippen LogP contribution in [0.2, 0.25) is 0 Å². The van der Waals surface area contributed by atoms with Crippen molar-refractivity contribution in [3.8, 4) is 11.4 Å². The third kappa shape index (κ3) is 3.61. The monoisotopic (exact) mass is 404 g/mol. The third-order valence-corrected chi connectivity index (χ3v) is 6.23. The van der Waals surface area contributed by atoms with Gasteiger partial charge >= 0.3 is 0 Å². The highest BCUT2D eigenvalue weighted by Gasteiger charge is 2.31. The molecule has 0 aliphatic heterocycles. The Kier molecular flexibility index (Phi) is 4.95. The van der Waals surface area contributed by atoms with E-state index >= 15 is 0 Å². The molecule has 30 heavy (non-hydrogen) atoms. The Bertz CT molecular complexity index is 967. The van der Waals surface area contributed by atoms with E-state index in [9.17, 15) is 9.59 Å². The van der Waals surface area contributed by atoms with Crippen LogP contribution in [0.4, 0.5) is 0 Å². The fourth-order valence-electron chi connectivity index (χ4n) is 4.56. The number of aryl methyl sites for hydroxylation is 2. The van der Waals surface area contributed by atoms with E-state index in [4.69, 9.17) is 9.97 Å². The number of hydrogen-bond donors (Lipinski definition) is 0. The highest BCUT2D eigenvalue weighted by atomic mass is 16.1. The van der Waals surface area contributed by atoms with Crippen LogP contribution < -0.4 is 0 Å². The Morgan fingerprint density at radius 2 is 1.03 bits per heavy atom. The van der Waals surface area contributed by atoms with Gasteiger partial charge < -0.3 is 0 Å². The van der Waals surface area contributed by atoms with Crippen molar-refractivity contribution in [2.24, 2.45) is 10.8 Å². The predicted octanol–water partition coefficient (Wildman–Crippen LogP) is 5.58. The van der Waals surface area contributed by atoms with Crippen LogP contribution in [0, 0.1) is 10.8 Å². The average molecular weight is 405 g/mol. The van der Waals surface area contributed by atoms with Gasteiger partial charge in [0.2, 0.25) is 0 Å². The van der Waals surface area contributed by atoms with Crippen molar-refractivity contribution < 1.29 is 9.59 Å². The van der Waals surface area contributed by atoms with Gasteiger partial charge in [0.05, 0.1) is 11.4 Å². The van der Waals surface area contributed by atoms with Crippen LogP contribution in [-0.2, 0) is 25.7 Å². The maximum Gasteiger partial charge on any atom is 0.186 e. The zero-order valence-electron chi connectivity index (χ0n) is 19.1. The molecule has 158 valence electrons. The number of fused-ring (bicyclic) bond motifs is 2. The first-order chi connectivity index (χ1) is 14.0. The predicted molar refractivity (Wildman–Crippen MR) is 119 cm³/mol. The Labute approximate surface area is 179 Å². The van der Waals surface area contributed by atoms with Gasteiger partial charge in [0, 0.05) is 10.8 Å². The maximum absolute atomic E-state index is 13.1. The highest BCUT2D eigenvalue weighted by Crippen LogP contribution is 2.38. The van der Waals surface area contributed by atoms with Crippen molar-refractivity contribution in [1.29, 1.82) is 0 Å². The SMILES string of the molecule is CC(C)(C)C(=O)c1cc2c(c(-c3nc(C(=O)C(C)(C)C)cc4c3CCC4)n1)CCC2. The summed E-state index contributed by atoms with van der Waals surface area (Å²) in [6, 6.07) is 3.98. The van der Waals surface area contributed by atoms with Crippen molar-refractivity contribution >= 4 is 11.6 Å². The lowest BCUT2D eigenvalue weighted by molar-refractivity contribution is 0.0846. The van der Waals surface area contributed by atoms with E-state index in [1.807, 2.05) is 53.7 Å². The number of aromatic nitrogens is 2. The molecule has 0 spiro atoms. The standard InChI is InChI=1S/C26H32N2O2/c1-25(2,3)23(29)19-13-15-9-7-11-17(15)21(27-19)22-18-12-8-10-16(18)14-20(28-22)24(30)26(4,5)6/h13-14H,7-12H2,1-6H3. The zero-order chi connectivity index (χ0) is 21.8. The first-order valence-corrected chi connectivity index (χ1v) is 11.1. The molecule has 4 nitrogen and oxygen atoms in total. The molecule has 4 rings (SSSR count). The summed E-state index contributed by atoms with van der Waals surface area (Å²) in [6.07, 6.45) is 5.99. The molecule has 0 N–H and O–H groups in total. The molecule has 0 unspecified atom stereocenters. The van der Waals surface area contributed by atoms with E-state index in [1.165, 1.54) is 22.3 Å². The summed E-state index contributed by atoms with van der Waals surface area (Å²) in [5.74, 6) is 0.106. The van der Waals surface area contributed by atoms with Gasteiger partial charge in [-0.15, -0.1) is 0 Å². The molecule has 2 aromatic heterocycles. The summed E-state index contributed by atoms with van der Waals surface area (Å²) in [5.41, 5.74) is 6.59. The van der Waals surface area contributed by atoms with Gasteiger partial charge in [0.25, 0.3) is 0 Å². The second-order valence-electron chi connectivity index (χ2n) is 10.9. The zero-order valence-corrected chi connectivity index (χ0v) is 19.1. The lowest BCUT2D eigenvalue weighted by Gasteiger charge is -2.20. The smallest absolute Gasteiger partial charge is 0.186 e. The molecule has 0 atom stereocenters. The highest BCUT2D eigenvalue weighted by molar-refractivity contribution is 6.00. The van der Waals surface area contributed by atoms with E-state index in [0.717, 1.165) is 49.9 Å². The molecular weight excluding hydrogens is 372 g/mol. The minimum absolute atomic E-state index is 0.0528. The average Bonchev–Trinajstić information content (AvgIpc) is 3.32. The number of carbonyl (C=O) groups is 2. The van der Waals surface area contributed by atoms with Crippen LogP contribution in [0.15, 0.2) is 12.1 Å². The minimum Gasteiger partial charge on any atom is -0.292 e. The lowest BCUT2D eigenvalue weighted by Crippen LogP contribution is -2.23. The molecule has 0 saturated carbocycles. The quantitative estimate of drug-likeness (QED) is 0.627. The van der Waals surface area contributed by atoms with Gasteiger partial charge in [-0.1, -0.05) is 41.5 Å². The van der Waals surface area contributed by atoms with Crippen LogP contribution in [0.3, 0.4) is 0 Å². The molecule has 0 amide bonds. The number of rotatable bonds is 3. The molecule has 2 aromatic rings. The van der Waals surface area contributed by atoms with Crippen LogP contribution in [0.5, 0.6) is 0 Å². The molecule has 2 aliphatic carbocycles. The molecule has 0 radical (unpaired) electrons. The molecule has 0 aromatic carbocycles. The van der Waals surface area contributed by atoms with E-state index < -0.39 is 10.8 Å². The number of carbonyl (C=O) groups excluding carboxylic acids is 2. The summed E-state index contributed by atoms with van der Waals surface area (Å²) < 4.78 is 0. The minimum atomic E-state index is -0.490. The van der Waals surface area contributed by atoms with E-state index in [1.54, 1.807) is 0 Å². The van der Waals surface area contributed by atoms with Crippen molar-refractivity contribution in [1.82, 2.24) is 9.97 Å². The van der Waals surface area contributed by atoms with Crippen LogP contribution in [0.1, 0.15) is 97.6 Å². The fourth-order valence-corrected chi connectivity index (χ4v) is 4.56. The first-order valence-electron chi connectivity index (χ1n) is 11.1. The normalized spacial score (nSPS) is 15.8. The van der Waals surface area contributed by atoms with Crippen LogP contribution >= 0.6 is 0 Å². The largest absolute Gasteiger partial charge is 0.292 e. The summed E-state index contributed by atoms with van der Waals surface area (Å²) in [4.78, 5) is 35.9. The van der Waals surface area contributed by atoms with Crippen LogP contribution in [-0.4, -0.2) is 21.5 Å². The van der Waals surface area contributed by atoms with Gasteiger partial charge in [-0.05, 0) is 72.9 Å². The van der Waals surface area contributed by atoms with Crippen LogP contribution in [0.25, 0.3) is 11.4 Å². The number of hydrogen-bond acceptors (Lipinski definition) is 4. The lowest BCUT2D eigenvalue weighted by atomic mass is 9.87. The van der Waals surface area contributed by atoms with Gasteiger partial charge in [-0.3, -0.25) is 9.59 Å². The summed E-state index contributed by atoms with van der Waals surface area (Å²) >= 11 is 0. The Morgan fingerprint density at radius 3 is 1.37 bits per heavy atom. The van der Waals surface area contributed by atoms with Crippen molar-refractivity contribution in [2.45, 2.75) is 80.1 Å². The van der Waals surface area contributed by atoms with E-state index in [2.05, 4.69) is 0 Å². The molecule has 4 heteroatoms. The second-order valence-corrected chi connectivity index (χ2v) is 10.9. The topological polar surface area (TPSA) is 59.9 Å². The van der Waals surface area contributed by atoms with Crippen molar-refractivity contribution in [3.05, 3.63) is 45.8 Å². The Hall–Kier alpha value is -2.36. The number of Topliss-reactive ketones (excluding diaryl/α,β-unsaturated/α-hetero) is 2. The Morgan fingerprint density at radius 1 is 0.667 bits per heavy atom. The second kappa shape index (κ2) is 7.11. The Balaban J connectivity index is 1.95. The molecule has 0 bridgehead atoms. The van der Waals surface area contributed by atoms with Gasteiger partial charge in [0.15, 0.2) is 11.6 Å². The summed E-state index contributed by atoms with van der Waals surface area (Å²) in [5, 5.41) is 0. The first kappa shape index (κ1) is 20.9. The molecule has 0 fully saturated rings. The fraction of sp³-hybridized carbons (Fsp3) is 0.538. The summed E-state index contributed by atoms with van der Waals surface area (Å²) in [7, 11) is 0.